The van der Waals surface area contributed by atoms with Crippen molar-refractivity contribution >= 4 is 5.70 Å². The van der Waals surface area contributed by atoms with Crippen LogP contribution in [-0.4, -0.2) is 36.2 Å². The van der Waals surface area contributed by atoms with E-state index in [0.717, 1.165) is 24.4 Å². The van der Waals surface area contributed by atoms with Gasteiger partial charge in [0.2, 0.25) is 0 Å². The number of hydrogen-bond donors (Lipinski definition) is 2. The monoisotopic (exact) mass is 443 g/mol. The number of rotatable bonds is 5. The van der Waals surface area contributed by atoms with E-state index in [9.17, 15) is 10.4 Å². The second-order valence-corrected chi connectivity index (χ2v) is 9.82. The lowest BCUT2D eigenvalue weighted by molar-refractivity contribution is -0.0532. The maximum Gasteiger partial charge on any atom is 0.116 e. The van der Waals surface area contributed by atoms with Gasteiger partial charge in [0.15, 0.2) is 0 Å². The lowest BCUT2D eigenvalue weighted by Gasteiger charge is -2.60. The zero-order chi connectivity index (χ0) is 24.2. The van der Waals surface area contributed by atoms with E-state index in [1.807, 2.05) is 7.05 Å². The number of benzene rings is 2. The first-order chi connectivity index (χ1) is 15.7. The van der Waals surface area contributed by atoms with Gasteiger partial charge in [-0.25, -0.2) is 0 Å². The lowest BCUT2D eigenvalue weighted by atomic mass is 9.56. The molecule has 2 aromatic rings. The Labute approximate surface area is 199 Å². The largest absolute Gasteiger partial charge is 0.508 e. The molecule has 0 bridgehead atoms. The number of phenolic OH excluding ortho intramolecular Hbond substituents is 1. The first kappa shape index (κ1) is 24.6. The molecule has 1 saturated heterocycles. The maximum atomic E-state index is 9.72. The van der Waals surface area contributed by atoms with Crippen molar-refractivity contribution in [3.8, 4) is 11.8 Å². The van der Waals surface area contributed by atoms with Crippen LogP contribution in [0.15, 0.2) is 60.7 Å². The molecule has 2 aliphatic rings. The minimum Gasteiger partial charge on any atom is -0.508 e. The van der Waals surface area contributed by atoms with E-state index < -0.39 is 0 Å². The molecule has 0 amide bonds. The van der Waals surface area contributed by atoms with Crippen molar-refractivity contribution in [1.29, 1.82) is 5.26 Å². The standard InChI is InChI=1S/C21H27N3O.C8H10/c1-14(7-15(2)23-4)18-9-21(10-18)12-24(13-21)16(3)20-8-19(25)6-5-17(20)11-22;1-7-5-3-4-6-8(7)2/h5-8,15,18,23,25H,3,9-10,12-13H2,1-2,4H3;3-6H,1-2H3/b14-7+;. The molecule has 0 radical (unpaired) electrons. The van der Waals surface area contributed by atoms with E-state index in [2.05, 4.69) is 80.9 Å². The summed E-state index contributed by atoms with van der Waals surface area (Å²) in [5, 5.41) is 22.3. The highest BCUT2D eigenvalue weighted by atomic mass is 16.3. The van der Waals surface area contributed by atoms with E-state index in [1.54, 1.807) is 18.2 Å². The molecule has 1 aliphatic carbocycles. The molecular weight excluding hydrogens is 406 g/mol. The number of likely N-dealkylation sites (N-methyl/N-ethyl adjacent to an activating group) is 1. The third-order valence-corrected chi connectivity index (χ3v) is 7.27. The van der Waals surface area contributed by atoms with Gasteiger partial charge in [-0.05, 0) is 82.8 Å². The summed E-state index contributed by atoms with van der Waals surface area (Å²) in [7, 11) is 1.99. The highest BCUT2D eigenvalue weighted by Crippen LogP contribution is 2.55. The summed E-state index contributed by atoms with van der Waals surface area (Å²) in [6.45, 7) is 14.8. The molecule has 1 spiro atoms. The first-order valence-electron chi connectivity index (χ1n) is 11.7. The summed E-state index contributed by atoms with van der Waals surface area (Å²) >= 11 is 0. The fraction of sp³-hybridized carbons (Fsp3) is 0.414. The van der Waals surface area contributed by atoms with E-state index >= 15 is 0 Å². The summed E-state index contributed by atoms with van der Waals surface area (Å²) in [5.41, 5.74) is 6.79. The van der Waals surface area contributed by atoms with E-state index in [1.165, 1.54) is 29.5 Å². The van der Waals surface area contributed by atoms with Crippen molar-refractivity contribution in [3.63, 3.8) is 0 Å². The normalized spacial score (nSPS) is 17.8. The topological polar surface area (TPSA) is 59.3 Å². The Hall–Kier alpha value is -3.03. The molecule has 33 heavy (non-hydrogen) atoms. The van der Waals surface area contributed by atoms with Gasteiger partial charge in [-0.1, -0.05) is 42.5 Å². The maximum absolute atomic E-state index is 9.72. The highest BCUT2D eigenvalue weighted by molar-refractivity contribution is 5.69. The van der Waals surface area contributed by atoms with Gasteiger partial charge in [0.05, 0.1) is 11.6 Å². The van der Waals surface area contributed by atoms with Gasteiger partial charge in [0.25, 0.3) is 0 Å². The summed E-state index contributed by atoms with van der Waals surface area (Å²) in [6, 6.07) is 15.8. The summed E-state index contributed by atoms with van der Waals surface area (Å²) < 4.78 is 0. The third-order valence-electron chi connectivity index (χ3n) is 7.27. The molecule has 1 aliphatic heterocycles. The number of hydrogen-bond acceptors (Lipinski definition) is 4. The van der Waals surface area contributed by atoms with Gasteiger partial charge < -0.3 is 15.3 Å². The number of allylic oxidation sites excluding steroid dienone is 1. The number of aryl methyl sites for hydroxylation is 2. The van der Waals surface area contributed by atoms with Gasteiger partial charge in [-0.15, -0.1) is 0 Å². The van der Waals surface area contributed by atoms with Gasteiger partial charge in [-0.3, -0.25) is 0 Å². The van der Waals surface area contributed by atoms with Crippen LogP contribution in [0.1, 0.15) is 48.9 Å². The molecule has 4 nitrogen and oxygen atoms in total. The van der Waals surface area contributed by atoms with Gasteiger partial charge in [-0.2, -0.15) is 5.26 Å². The fourth-order valence-corrected chi connectivity index (χ4v) is 4.84. The van der Waals surface area contributed by atoms with Crippen LogP contribution >= 0.6 is 0 Å². The molecule has 0 aromatic heterocycles. The highest BCUT2D eigenvalue weighted by Gasteiger charge is 2.52. The Kier molecular flexibility index (Phi) is 7.66. The summed E-state index contributed by atoms with van der Waals surface area (Å²) in [6.07, 6.45) is 4.81. The number of nitrogens with zero attached hydrogens (tertiary/aromatic N) is 2. The Morgan fingerprint density at radius 3 is 2.33 bits per heavy atom. The smallest absolute Gasteiger partial charge is 0.116 e. The van der Waals surface area contributed by atoms with Gasteiger partial charge in [0, 0.05) is 35.8 Å². The summed E-state index contributed by atoms with van der Waals surface area (Å²) in [5.74, 6) is 0.871. The van der Waals surface area contributed by atoms with Crippen LogP contribution in [0.3, 0.4) is 0 Å². The molecule has 4 heteroatoms. The minimum absolute atomic E-state index is 0.175. The molecule has 1 saturated carbocycles. The van der Waals surface area contributed by atoms with Crippen molar-refractivity contribution in [2.75, 3.05) is 20.1 Å². The molecule has 4 rings (SSSR count). The molecular formula is C29H37N3O. The quantitative estimate of drug-likeness (QED) is 0.573. The van der Waals surface area contributed by atoms with Crippen molar-refractivity contribution < 1.29 is 5.11 Å². The Morgan fingerprint density at radius 2 is 1.82 bits per heavy atom. The van der Waals surface area contributed by atoms with Crippen LogP contribution in [0, 0.1) is 36.5 Å². The van der Waals surface area contributed by atoms with Crippen molar-refractivity contribution in [2.45, 2.75) is 46.6 Å². The predicted molar refractivity (Wildman–Crippen MR) is 137 cm³/mol. The first-order valence-corrected chi connectivity index (χ1v) is 11.7. The zero-order valence-electron chi connectivity index (χ0n) is 20.7. The average Bonchev–Trinajstić information content (AvgIpc) is 2.74. The molecule has 1 unspecified atom stereocenters. The molecule has 2 fully saturated rings. The van der Waals surface area contributed by atoms with Crippen molar-refractivity contribution in [1.82, 2.24) is 10.2 Å². The Balaban J connectivity index is 0.000000323. The molecule has 1 atom stereocenters. The van der Waals surface area contributed by atoms with Crippen molar-refractivity contribution in [3.05, 3.63) is 82.9 Å². The average molecular weight is 444 g/mol. The zero-order valence-corrected chi connectivity index (χ0v) is 20.7. The molecule has 2 N–H and O–H groups in total. The fourth-order valence-electron chi connectivity index (χ4n) is 4.84. The number of nitrogens with one attached hydrogen (secondary N) is 1. The van der Waals surface area contributed by atoms with Crippen molar-refractivity contribution in [2.24, 2.45) is 11.3 Å². The van der Waals surface area contributed by atoms with Crippen LogP contribution in [-0.2, 0) is 0 Å². The van der Waals surface area contributed by atoms with Gasteiger partial charge >= 0.3 is 0 Å². The Bertz CT molecular complexity index is 1040. The number of nitriles is 1. The SMILES string of the molecule is C=C(c1cc(O)ccc1C#N)N1CC2(CC(/C(C)=C/C(C)NC)C2)C1.Cc1ccccc1C. The minimum atomic E-state index is 0.175. The van der Waals surface area contributed by atoms with Crippen LogP contribution in [0.2, 0.25) is 0 Å². The Morgan fingerprint density at radius 1 is 1.21 bits per heavy atom. The van der Waals surface area contributed by atoms with Crippen LogP contribution in [0.25, 0.3) is 5.70 Å². The van der Waals surface area contributed by atoms with E-state index in [0.29, 0.717) is 22.9 Å². The van der Waals surface area contributed by atoms with Crippen LogP contribution in [0.4, 0.5) is 0 Å². The lowest BCUT2D eigenvalue weighted by Crippen LogP contribution is -2.61. The number of phenols is 1. The van der Waals surface area contributed by atoms with Crippen LogP contribution < -0.4 is 5.32 Å². The molecule has 2 aromatic carbocycles. The molecule has 1 heterocycles. The van der Waals surface area contributed by atoms with Gasteiger partial charge in [0.1, 0.15) is 5.75 Å². The molecule has 174 valence electrons. The third kappa shape index (κ3) is 5.67. The number of aromatic hydroxyl groups is 1. The van der Waals surface area contributed by atoms with Crippen LogP contribution in [0.5, 0.6) is 5.75 Å². The second-order valence-electron chi connectivity index (χ2n) is 9.82. The van der Waals surface area contributed by atoms with E-state index in [-0.39, 0.29) is 5.75 Å². The second kappa shape index (κ2) is 10.3. The summed E-state index contributed by atoms with van der Waals surface area (Å²) in [4.78, 5) is 2.24. The van der Waals surface area contributed by atoms with E-state index in [4.69, 9.17) is 0 Å². The predicted octanol–water partition coefficient (Wildman–Crippen LogP) is 5.80. The number of likely N-dealkylation sites (tertiary alicyclic amines) is 1.